The molecule has 4 nitrogen and oxygen atoms in total. The lowest BCUT2D eigenvalue weighted by molar-refractivity contribution is 0.277. The summed E-state index contributed by atoms with van der Waals surface area (Å²) < 4.78 is 22.1. The van der Waals surface area contributed by atoms with Crippen molar-refractivity contribution in [1.82, 2.24) is 0 Å². The summed E-state index contributed by atoms with van der Waals surface area (Å²) in [4.78, 5) is 0. The molecule has 2 rings (SSSR count). The van der Waals surface area contributed by atoms with Crippen molar-refractivity contribution in [3.63, 3.8) is 0 Å². The van der Waals surface area contributed by atoms with Gasteiger partial charge in [-0.05, 0) is 23.8 Å². The van der Waals surface area contributed by atoms with Crippen LogP contribution in [-0.4, -0.2) is 21.3 Å². The van der Waals surface area contributed by atoms with E-state index in [-0.39, 0.29) is 0 Å². The second-order valence-corrected chi connectivity index (χ2v) is 5.01. The van der Waals surface area contributed by atoms with Crippen molar-refractivity contribution in [2.45, 2.75) is 6.61 Å². The number of hydrogen-bond acceptors (Lipinski definition) is 4. The SMILES string of the molecule is C=Cc1ccc(OC)c(OCc2cc(C=C)c(OC)cc2OC)c1. The Balaban J connectivity index is 2.31. The molecule has 0 aliphatic carbocycles. The van der Waals surface area contributed by atoms with E-state index in [4.69, 9.17) is 18.9 Å². The van der Waals surface area contributed by atoms with Gasteiger partial charge >= 0.3 is 0 Å². The van der Waals surface area contributed by atoms with Crippen molar-refractivity contribution in [3.8, 4) is 23.0 Å². The number of rotatable bonds is 8. The first-order valence-corrected chi connectivity index (χ1v) is 7.47. The van der Waals surface area contributed by atoms with Gasteiger partial charge in [0.15, 0.2) is 11.5 Å². The topological polar surface area (TPSA) is 36.9 Å². The quantitative estimate of drug-likeness (QED) is 0.711. The van der Waals surface area contributed by atoms with Gasteiger partial charge in [-0.2, -0.15) is 0 Å². The Bertz CT molecular complexity index is 735. The number of hydrogen-bond donors (Lipinski definition) is 0. The lowest BCUT2D eigenvalue weighted by atomic mass is 10.1. The van der Waals surface area contributed by atoms with E-state index in [0.717, 1.165) is 16.7 Å². The molecule has 0 heterocycles. The van der Waals surface area contributed by atoms with Gasteiger partial charge in [-0.25, -0.2) is 0 Å². The average Bonchev–Trinajstić information content (AvgIpc) is 2.65. The van der Waals surface area contributed by atoms with Gasteiger partial charge in [0.05, 0.1) is 21.3 Å². The third-order valence-corrected chi connectivity index (χ3v) is 3.66. The molecule has 126 valence electrons. The van der Waals surface area contributed by atoms with E-state index >= 15 is 0 Å². The van der Waals surface area contributed by atoms with E-state index in [1.807, 2.05) is 30.3 Å². The molecule has 24 heavy (non-hydrogen) atoms. The Morgan fingerprint density at radius 2 is 1.50 bits per heavy atom. The minimum Gasteiger partial charge on any atom is -0.496 e. The Morgan fingerprint density at radius 3 is 2.08 bits per heavy atom. The number of benzene rings is 2. The number of methoxy groups -OCH3 is 3. The molecule has 0 bridgehead atoms. The Labute approximate surface area is 142 Å². The minimum atomic E-state index is 0.324. The van der Waals surface area contributed by atoms with Crippen LogP contribution in [0.3, 0.4) is 0 Å². The summed E-state index contributed by atoms with van der Waals surface area (Å²) in [5.41, 5.74) is 2.72. The Hall–Kier alpha value is -2.88. The third-order valence-electron chi connectivity index (χ3n) is 3.66. The second-order valence-electron chi connectivity index (χ2n) is 5.01. The van der Waals surface area contributed by atoms with Crippen LogP contribution in [0.5, 0.6) is 23.0 Å². The van der Waals surface area contributed by atoms with Crippen LogP contribution < -0.4 is 18.9 Å². The lowest BCUT2D eigenvalue weighted by Gasteiger charge is -2.15. The fourth-order valence-corrected chi connectivity index (χ4v) is 2.35. The van der Waals surface area contributed by atoms with E-state index in [2.05, 4.69) is 13.2 Å². The van der Waals surface area contributed by atoms with Gasteiger partial charge < -0.3 is 18.9 Å². The van der Waals surface area contributed by atoms with E-state index < -0.39 is 0 Å². The molecule has 0 amide bonds. The van der Waals surface area contributed by atoms with E-state index in [1.165, 1.54) is 0 Å². The largest absolute Gasteiger partial charge is 0.496 e. The maximum absolute atomic E-state index is 5.94. The molecule has 2 aromatic carbocycles. The molecule has 0 N–H and O–H groups in total. The molecule has 0 aliphatic heterocycles. The van der Waals surface area contributed by atoms with Crippen molar-refractivity contribution in [3.05, 3.63) is 60.2 Å². The highest BCUT2D eigenvalue weighted by atomic mass is 16.5. The standard InChI is InChI=1S/C20H22O4/c1-6-14-8-9-17(21-3)20(10-14)24-13-16-11-15(7-2)18(22-4)12-19(16)23-5/h6-12H,1-2,13H2,3-5H3. The molecule has 0 saturated carbocycles. The van der Waals surface area contributed by atoms with E-state index in [1.54, 1.807) is 33.5 Å². The van der Waals surface area contributed by atoms with Gasteiger partial charge in [0, 0.05) is 17.2 Å². The molecule has 0 radical (unpaired) electrons. The fourth-order valence-electron chi connectivity index (χ4n) is 2.35. The summed E-state index contributed by atoms with van der Waals surface area (Å²) in [6.45, 7) is 7.91. The zero-order valence-corrected chi connectivity index (χ0v) is 14.3. The summed E-state index contributed by atoms with van der Waals surface area (Å²) in [5.74, 6) is 2.71. The molecule has 0 aromatic heterocycles. The molecule has 4 heteroatoms. The van der Waals surface area contributed by atoms with Crippen LogP contribution in [0, 0.1) is 0 Å². The second kappa shape index (κ2) is 8.11. The highest BCUT2D eigenvalue weighted by Gasteiger charge is 2.12. The summed E-state index contributed by atoms with van der Waals surface area (Å²) in [6.07, 6.45) is 3.50. The van der Waals surface area contributed by atoms with Crippen LogP contribution in [0.25, 0.3) is 12.2 Å². The predicted molar refractivity (Wildman–Crippen MR) is 97.1 cm³/mol. The molecule has 0 aliphatic rings. The Kier molecular flexibility index (Phi) is 5.90. The maximum Gasteiger partial charge on any atom is 0.162 e. The predicted octanol–water partition coefficient (Wildman–Crippen LogP) is 4.58. The van der Waals surface area contributed by atoms with Crippen molar-refractivity contribution in [2.75, 3.05) is 21.3 Å². The highest BCUT2D eigenvalue weighted by molar-refractivity contribution is 5.60. The Morgan fingerprint density at radius 1 is 0.792 bits per heavy atom. The highest BCUT2D eigenvalue weighted by Crippen LogP contribution is 2.33. The van der Waals surface area contributed by atoms with E-state index in [0.29, 0.717) is 29.6 Å². The molecule has 2 aromatic rings. The normalized spacial score (nSPS) is 9.96. The summed E-state index contributed by atoms with van der Waals surface area (Å²) >= 11 is 0. The van der Waals surface area contributed by atoms with Gasteiger partial charge in [0.1, 0.15) is 18.1 Å². The first-order chi connectivity index (χ1) is 11.7. The molecular formula is C20H22O4. The molecule has 0 fully saturated rings. The average molecular weight is 326 g/mol. The summed E-state index contributed by atoms with van der Waals surface area (Å²) in [6, 6.07) is 9.42. The van der Waals surface area contributed by atoms with Crippen LogP contribution in [0.4, 0.5) is 0 Å². The van der Waals surface area contributed by atoms with Crippen molar-refractivity contribution < 1.29 is 18.9 Å². The maximum atomic E-state index is 5.94. The van der Waals surface area contributed by atoms with Gasteiger partial charge in [0.2, 0.25) is 0 Å². The smallest absolute Gasteiger partial charge is 0.162 e. The summed E-state index contributed by atoms with van der Waals surface area (Å²) in [5, 5.41) is 0. The molecule has 0 saturated heterocycles. The van der Waals surface area contributed by atoms with Crippen molar-refractivity contribution in [2.24, 2.45) is 0 Å². The molecule has 0 spiro atoms. The lowest BCUT2D eigenvalue weighted by Crippen LogP contribution is -2.02. The van der Waals surface area contributed by atoms with Crippen LogP contribution in [0.2, 0.25) is 0 Å². The van der Waals surface area contributed by atoms with Crippen molar-refractivity contribution >= 4 is 12.2 Å². The molecule has 0 unspecified atom stereocenters. The van der Waals surface area contributed by atoms with Crippen LogP contribution >= 0.6 is 0 Å². The van der Waals surface area contributed by atoms with E-state index in [9.17, 15) is 0 Å². The fraction of sp³-hybridized carbons (Fsp3) is 0.200. The zero-order valence-electron chi connectivity index (χ0n) is 14.3. The number of ether oxygens (including phenoxy) is 4. The van der Waals surface area contributed by atoms with Crippen LogP contribution in [-0.2, 0) is 6.61 Å². The van der Waals surface area contributed by atoms with Gasteiger partial charge in [-0.1, -0.05) is 31.4 Å². The van der Waals surface area contributed by atoms with Crippen molar-refractivity contribution in [1.29, 1.82) is 0 Å². The molecular weight excluding hydrogens is 304 g/mol. The van der Waals surface area contributed by atoms with Gasteiger partial charge in [0.25, 0.3) is 0 Å². The summed E-state index contributed by atoms with van der Waals surface area (Å²) in [7, 11) is 4.84. The first-order valence-electron chi connectivity index (χ1n) is 7.47. The van der Waals surface area contributed by atoms with Crippen LogP contribution in [0.1, 0.15) is 16.7 Å². The zero-order chi connectivity index (χ0) is 17.5. The van der Waals surface area contributed by atoms with Crippen LogP contribution in [0.15, 0.2) is 43.5 Å². The first kappa shape index (κ1) is 17.5. The van der Waals surface area contributed by atoms with Gasteiger partial charge in [-0.3, -0.25) is 0 Å². The van der Waals surface area contributed by atoms with Gasteiger partial charge in [-0.15, -0.1) is 0 Å². The minimum absolute atomic E-state index is 0.324. The third kappa shape index (κ3) is 3.71. The monoisotopic (exact) mass is 326 g/mol. The molecule has 0 atom stereocenters.